The smallest absolute Gasteiger partial charge is 0.234 e. The van der Waals surface area contributed by atoms with E-state index in [1.807, 2.05) is 66.7 Å². The number of ether oxygens (including phenoxy) is 1. The van der Waals surface area contributed by atoms with Crippen LogP contribution in [0.1, 0.15) is 35.9 Å². The zero-order chi connectivity index (χ0) is 22.5. The van der Waals surface area contributed by atoms with E-state index in [2.05, 4.69) is 20.1 Å². The molecule has 0 spiro atoms. The summed E-state index contributed by atoms with van der Waals surface area (Å²) in [5.74, 6) is 3.17. The van der Waals surface area contributed by atoms with Gasteiger partial charge in [-0.05, 0) is 54.8 Å². The van der Waals surface area contributed by atoms with Gasteiger partial charge >= 0.3 is 0 Å². The summed E-state index contributed by atoms with van der Waals surface area (Å²) in [7, 11) is 0. The second kappa shape index (κ2) is 9.95. The number of benzene rings is 2. The van der Waals surface area contributed by atoms with Crippen molar-refractivity contribution in [1.82, 2.24) is 14.8 Å². The molecule has 2 aromatic carbocycles. The number of aromatic nitrogens is 3. The summed E-state index contributed by atoms with van der Waals surface area (Å²) in [5.41, 5.74) is 1.83. The molecule has 0 aliphatic heterocycles. The summed E-state index contributed by atoms with van der Waals surface area (Å²) in [4.78, 5) is 12.5. The van der Waals surface area contributed by atoms with Crippen molar-refractivity contribution in [3.8, 4) is 5.75 Å². The molecule has 1 saturated carbocycles. The van der Waals surface area contributed by atoms with Gasteiger partial charge in [-0.3, -0.25) is 9.36 Å². The van der Waals surface area contributed by atoms with Gasteiger partial charge in [0, 0.05) is 11.6 Å². The molecule has 1 fully saturated rings. The maximum atomic E-state index is 12.5. The molecule has 0 radical (unpaired) electrons. The predicted molar refractivity (Wildman–Crippen MR) is 126 cm³/mol. The summed E-state index contributed by atoms with van der Waals surface area (Å²) in [6.45, 7) is 1.07. The fraction of sp³-hybridized carbons (Fsp3) is 0.240. The highest BCUT2D eigenvalue weighted by Gasteiger charge is 2.30. The van der Waals surface area contributed by atoms with Crippen molar-refractivity contribution in [2.24, 2.45) is 0 Å². The monoisotopic (exact) mass is 460 g/mol. The standard InChI is InChI=1S/C25H24N4O3S/c30-23(26-20-10-12-21(13-11-20)32-16-18-5-2-1-3-6-18)17-33-25-28-27-24(19-8-9-19)29(25)15-22-7-4-14-31-22/h1-7,10-14,19H,8-9,15-17H2,(H,26,30). The molecule has 1 amide bonds. The molecule has 0 atom stereocenters. The molecule has 1 aliphatic carbocycles. The van der Waals surface area contributed by atoms with Crippen LogP contribution in [0.2, 0.25) is 0 Å². The summed E-state index contributed by atoms with van der Waals surface area (Å²) in [5, 5.41) is 12.4. The molecule has 8 heteroatoms. The Kier molecular flexibility index (Phi) is 6.44. The summed E-state index contributed by atoms with van der Waals surface area (Å²) in [6.07, 6.45) is 3.92. The van der Waals surface area contributed by atoms with Crippen molar-refractivity contribution in [3.63, 3.8) is 0 Å². The number of furan rings is 1. The first kappa shape index (κ1) is 21.3. The Bertz CT molecular complexity index is 1190. The fourth-order valence-electron chi connectivity index (χ4n) is 3.46. The second-order valence-corrected chi connectivity index (χ2v) is 8.86. The van der Waals surface area contributed by atoms with Crippen molar-refractivity contribution in [2.45, 2.75) is 37.1 Å². The van der Waals surface area contributed by atoms with Crippen LogP contribution in [0.4, 0.5) is 5.69 Å². The number of hydrogen-bond acceptors (Lipinski definition) is 6. The molecular formula is C25H24N4O3S. The Labute approximate surface area is 196 Å². The highest BCUT2D eigenvalue weighted by molar-refractivity contribution is 7.99. The van der Waals surface area contributed by atoms with Crippen LogP contribution in [0.3, 0.4) is 0 Å². The predicted octanol–water partition coefficient (Wildman–Crippen LogP) is 5.11. The minimum atomic E-state index is -0.0986. The number of rotatable bonds is 10. The molecule has 33 heavy (non-hydrogen) atoms. The lowest BCUT2D eigenvalue weighted by atomic mass is 10.2. The number of nitrogens with one attached hydrogen (secondary N) is 1. The quantitative estimate of drug-likeness (QED) is 0.331. The highest BCUT2D eigenvalue weighted by Crippen LogP contribution is 2.40. The number of anilines is 1. The third kappa shape index (κ3) is 5.64. The first-order valence-corrected chi connectivity index (χ1v) is 11.9. The minimum absolute atomic E-state index is 0.0986. The molecule has 0 saturated heterocycles. The molecular weight excluding hydrogens is 436 g/mol. The van der Waals surface area contributed by atoms with Gasteiger partial charge < -0.3 is 14.5 Å². The van der Waals surface area contributed by atoms with E-state index >= 15 is 0 Å². The Hall–Kier alpha value is -3.52. The van der Waals surface area contributed by atoms with Gasteiger partial charge in [0.15, 0.2) is 5.16 Å². The molecule has 1 aliphatic rings. The molecule has 2 aromatic heterocycles. The highest BCUT2D eigenvalue weighted by atomic mass is 32.2. The Morgan fingerprint density at radius 1 is 1.06 bits per heavy atom. The average molecular weight is 461 g/mol. The van der Waals surface area contributed by atoms with Gasteiger partial charge in [-0.2, -0.15) is 0 Å². The SMILES string of the molecule is O=C(CSc1nnc(C2CC2)n1Cc1ccco1)Nc1ccc(OCc2ccccc2)cc1. The lowest BCUT2D eigenvalue weighted by Crippen LogP contribution is -2.15. The number of hydrogen-bond donors (Lipinski definition) is 1. The largest absolute Gasteiger partial charge is 0.489 e. The van der Waals surface area contributed by atoms with Crippen LogP contribution >= 0.6 is 11.8 Å². The van der Waals surface area contributed by atoms with Crippen LogP contribution in [0.15, 0.2) is 82.6 Å². The third-order valence-electron chi connectivity index (χ3n) is 5.30. The minimum Gasteiger partial charge on any atom is -0.489 e. The van der Waals surface area contributed by atoms with E-state index in [1.165, 1.54) is 11.8 Å². The van der Waals surface area contributed by atoms with Gasteiger partial charge in [-0.15, -0.1) is 10.2 Å². The van der Waals surface area contributed by atoms with Gasteiger partial charge in [-0.25, -0.2) is 0 Å². The van der Waals surface area contributed by atoms with E-state index < -0.39 is 0 Å². The molecule has 1 N–H and O–H groups in total. The van der Waals surface area contributed by atoms with Gasteiger partial charge in [0.1, 0.15) is 23.9 Å². The Morgan fingerprint density at radius 2 is 1.88 bits per heavy atom. The van der Waals surface area contributed by atoms with Crippen LogP contribution in [0.5, 0.6) is 5.75 Å². The maximum absolute atomic E-state index is 12.5. The van der Waals surface area contributed by atoms with Gasteiger partial charge in [0.05, 0.1) is 18.6 Å². The number of nitrogens with zero attached hydrogens (tertiary/aromatic N) is 3. The maximum Gasteiger partial charge on any atom is 0.234 e. The molecule has 2 heterocycles. The molecule has 0 bridgehead atoms. The fourth-order valence-corrected chi connectivity index (χ4v) is 4.20. The van der Waals surface area contributed by atoms with Crippen LogP contribution in [-0.4, -0.2) is 26.4 Å². The first-order chi connectivity index (χ1) is 16.2. The Morgan fingerprint density at radius 3 is 2.61 bits per heavy atom. The molecule has 7 nitrogen and oxygen atoms in total. The van der Waals surface area contributed by atoms with Crippen LogP contribution in [0.25, 0.3) is 0 Å². The molecule has 0 unspecified atom stereocenters. The van der Waals surface area contributed by atoms with E-state index in [0.717, 1.165) is 46.6 Å². The first-order valence-electron chi connectivity index (χ1n) is 10.9. The van der Waals surface area contributed by atoms with Gasteiger partial charge in [0.2, 0.25) is 5.91 Å². The van der Waals surface area contributed by atoms with Crippen molar-refractivity contribution >= 4 is 23.4 Å². The lowest BCUT2D eigenvalue weighted by molar-refractivity contribution is -0.113. The molecule has 168 valence electrons. The molecule has 4 aromatic rings. The second-order valence-electron chi connectivity index (χ2n) is 7.92. The van der Waals surface area contributed by atoms with Gasteiger partial charge in [0.25, 0.3) is 0 Å². The number of carbonyl (C=O) groups excluding carboxylic acids is 1. The van der Waals surface area contributed by atoms with E-state index in [4.69, 9.17) is 9.15 Å². The lowest BCUT2D eigenvalue weighted by Gasteiger charge is -2.09. The molecule has 5 rings (SSSR count). The normalized spacial score (nSPS) is 13.1. The van der Waals surface area contributed by atoms with Crippen molar-refractivity contribution in [2.75, 3.05) is 11.1 Å². The van der Waals surface area contributed by atoms with E-state index in [0.29, 0.717) is 19.1 Å². The number of amides is 1. The van der Waals surface area contributed by atoms with Crippen LogP contribution in [-0.2, 0) is 17.9 Å². The summed E-state index contributed by atoms with van der Waals surface area (Å²) >= 11 is 1.38. The Balaban J connectivity index is 1.15. The summed E-state index contributed by atoms with van der Waals surface area (Å²) < 4.78 is 13.4. The van der Waals surface area contributed by atoms with E-state index in [9.17, 15) is 4.79 Å². The summed E-state index contributed by atoms with van der Waals surface area (Å²) in [6, 6.07) is 21.2. The van der Waals surface area contributed by atoms with Crippen LogP contribution < -0.4 is 10.1 Å². The van der Waals surface area contributed by atoms with Crippen molar-refractivity contribution in [3.05, 3.63) is 90.1 Å². The van der Waals surface area contributed by atoms with Crippen molar-refractivity contribution < 1.29 is 13.9 Å². The number of carbonyl (C=O) groups is 1. The van der Waals surface area contributed by atoms with E-state index in [-0.39, 0.29) is 11.7 Å². The number of thioether (sulfide) groups is 1. The van der Waals surface area contributed by atoms with Crippen LogP contribution in [0, 0.1) is 0 Å². The third-order valence-corrected chi connectivity index (χ3v) is 6.27. The van der Waals surface area contributed by atoms with E-state index in [1.54, 1.807) is 6.26 Å². The van der Waals surface area contributed by atoms with Crippen molar-refractivity contribution in [1.29, 1.82) is 0 Å². The average Bonchev–Trinajstić information content (AvgIpc) is 3.41. The topological polar surface area (TPSA) is 82.2 Å². The zero-order valence-corrected chi connectivity index (χ0v) is 18.8. The van der Waals surface area contributed by atoms with Gasteiger partial charge in [-0.1, -0.05) is 42.1 Å². The zero-order valence-electron chi connectivity index (χ0n) is 18.0.